The molecule has 1 aliphatic heterocycles. The Morgan fingerprint density at radius 2 is 1.53 bits per heavy atom. The molecule has 0 aromatic rings. The van der Waals surface area contributed by atoms with Crippen molar-refractivity contribution < 1.29 is 50.0 Å². The lowest BCUT2D eigenvalue weighted by molar-refractivity contribution is -0.363. The van der Waals surface area contributed by atoms with Crippen LogP contribution in [-0.4, -0.2) is 98.3 Å². The zero-order chi connectivity index (χ0) is 36.6. The average Bonchev–Trinajstić information content (AvgIpc) is 3.58. The van der Waals surface area contributed by atoms with E-state index in [0.29, 0.717) is 25.7 Å². The number of hydrogen-bond acceptors (Lipinski definition) is 9. The molecule has 6 saturated carbocycles. The lowest BCUT2D eigenvalue weighted by Crippen LogP contribution is -2.78. The summed E-state index contributed by atoms with van der Waals surface area (Å²) in [6, 6.07) is 0. The topological polar surface area (TPSA) is 177 Å². The second kappa shape index (κ2) is 11.7. The van der Waals surface area contributed by atoms with Crippen molar-refractivity contribution in [3.05, 3.63) is 11.6 Å². The van der Waals surface area contributed by atoms with Crippen LogP contribution in [0.2, 0.25) is 0 Å². The first-order chi connectivity index (χ1) is 24.0. The molecule has 288 valence electrons. The van der Waals surface area contributed by atoms with Crippen molar-refractivity contribution in [1.82, 2.24) is 0 Å². The van der Waals surface area contributed by atoms with Gasteiger partial charge in [0.15, 0.2) is 6.29 Å². The summed E-state index contributed by atoms with van der Waals surface area (Å²) < 4.78 is 12.1. The number of carboxylic acid groups (broad SMARTS) is 1. The van der Waals surface area contributed by atoms with Crippen LogP contribution in [0, 0.1) is 55.2 Å². The van der Waals surface area contributed by atoms with Gasteiger partial charge in [0.2, 0.25) is 0 Å². The summed E-state index contributed by atoms with van der Waals surface area (Å²) in [5.74, 6) is -0.814. The predicted molar refractivity (Wildman–Crippen MR) is 187 cm³/mol. The molecule has 1 saturated heterocycles. The Kier molecular flexibility index (Phi) is 8.45. The molecule has 51 heavy (non-hydrogen) atoms. The molecule has 0 aromatic heterocycles. The van der Waals surface area contributed by atoms with Crippen LogP contribution >= 0.6 is 0 Å². The molecular formula is C41H64O10. The number of aliphatic hydroxyl groups excluding tert-OH is 6. The number of carboxylic acids is 1. The molecule has 15 atom stereocenters. The van der Waals surface area contributed by atoms with Crippen LogP contribution in [0.5, 0.6) is 0 Å². The van der Waals surface area contributed by atoms with E-state index < -0.39 is 59.0 Å². The molecule has 8 aliphatic rings. The van der Waals surface area contributed by atoms with Crippen molar-refractivity contribution >= 4 is 5.97 Å². The maximum Gasteiger partial charge on any atom is 0.310 e. The molecule has 0 amide bonds. The normalized spacial score (nSPS) is 55.9. The second-order valence-electron chi connectivity index (χ2n) is 20.1. The van der Waals surface area contributed by atoms with Gasteiger partial charge in [-0.25, -0.2) is 0 Å². The SMILES string of the molecule is CC1(CO)CCC2(C(=O)O)CCC34CCCC5(CC=C3C2C1)C1(C)CC(O)C(OC2OCC(O)C(O)C2O)C(C)(CO)C1CC1(CCCC1)C45C. The lowest BCUT2D eigenvalue weighted by atomic mass is 9.21. The maximum atomic E-state index is 13.4. The first-order valence-corrected chi connectivity index (χ1v) is 20.1. The van der Waals surface area contributed by atoms with Gasteiger partial charge in [0.1, 0.15) is 18.3 Å². The highest BCUT2D eigenvalue weighted by Gasteiger charge is 2.83. The Morgan fingerprint density at radius 3 is 2.20 bits per heavy atom. The van der Waals surface area contributed by atoms with E-state index in [2.05, 4.69) is 26.8 Å². The summed E-state index contributed by atoms with van der Waals surface area (Å²) in [4.78, 5) is 13.4. The van der Waals surface area contributed by atoms with E-state index in [0.717, 1.165) is 70.6 Å². The number of aliphatic hydroxyl groups is 6. The molecule has 1 heterocycles. The highest BCUT2D eigenvalue weighted by atomic mass is 16.7. The molecule has 7 N–H and O–H groups in total. The molecule has 2 spiro atoms. The van der Waals surface area contributed by atoms with Crippen molar-refractivity contribution in [2.45, 2.75) is 161 Å². The zero-order valence-electron chi connectivity index (χ0n) is 31.3. The Balaban J connectivity index is 1.27. The van der Waals surface area contributed by atoms with E-state index in [1.54, 1.807) is 0 Å². The number of aliphatic carboxylic acids is 1. The van der Waals surface area contributed by atoms with Crippen LogP contribution in [0.25, 0.3) is 0 Å². The summed E-state index contributed by atoms with van der Waals surface area (Å²) in [6.07, 6.45) is 8.41. The summed E-state index contributed by atoms with van der Waals surface area (Å²) in [5.41, 5.74) is -1.64. The van der Waals surface area contributed by atoms with E-state index in [4.69, 9.17) is 9.47 Å². The summed E-state index contributed by atoms with van der Waals surface area (Å²) in [5, 5.41) is 76.7. The third kappa shape index (κ3) is 4.31. The van der Waals surface area contributed by atoms with Crippen molar-refractivity contribution in [3.8, 4) is 0 Å². The van der Waals surface area contributed by atoms with Gasteiger partial charge in [-0.3, -0.25) is 4.79 Å². The minimum atomic E-state index is -1.50. The van der Waals surface area contributed by atoms with Crippen molar-refractivity contribution in [2.75, 3.05) is 19.8 Å². The molecule has 7 aliphatic carbocycles. The van der Waals surface area contributed by atoms with Gasteiger partial charge in [-0.05, 0) is 121 Å². The van der Waals surface area contributed by atoms with Gasteiger partial charge in [0, 0.05) is 12.0 Å². The van der Waals surface area contributed by atoms with E-state index in [9.17, 15) is 40.5 Å². The average molecular weight is 717 g/mol. The fourth-order valence-corrected chi connectivity index (χ4v) is 16.0. The van der Waals surface area contributed by atoms with Gasteiger partial charge in [-0.2, -0.15) is 0 Å². The Hall–Kier alpha value is -1.11. The summed E-state index contributed by atoms with van der Waals surface area (Å²) in [6.45, 7) is 8.79. The molecule has 15 unspecified atom stereocenters. The highest BCUT2D eigenvalue weighted by Crippen LogP contribution is 2.88. The van der Waals surface area contributed by atoms with Gasteiger partial charge in [-0.15, -0.1) is 0 Å². The van der Waals surface area contributed by atoms with Gasteiger partial charge < -0.3 is 45.2 Å². The fourth-order valence-electron chi connectivity index (χ4n) is 16.0. The highest BCUT2D eigenvalue weighted by molar-refractivity contribution is 5.77. The predicted octanol–water partition coefficient (Wildman–Crippen LogP) is 4.32. The first-order valence-electron chi connectivity index (χ1n) is 20.1. The second-order valence-corrected chi connectivity index (χ2v) is 20.1. The molecular weight excluding hydrogens is 652 g/mol. The fraction of sp³-hybridized carbons (Fsp3) is 0.927. The van der Waals surface area contributed by atoms with E-state index in [1.165, 1.54) is 5.57 Å². The lowest BCUT2D eigenvalue weighted by Gasteiger charge is -2.83. The van der Waals surface area contributed by atoms with Crippen LogP contribution in [0.1, 0.15) is 124 Å². The Bertz CT molecular complexity index is 1440. The largest absolute Gasteiger partial charge is 0.481 e. The van der Waals surface area contributed by atoms with Crippen molar-refractivity contribution in [3.63, 3.8) is 0 Å². The third-order valence-electron chi connectivity index (χ3n) is 18.6. The number of carbonyl (C=O) groups is 1. The van der Waals surface area contributed by atoms with E-state index >= 15 is 0 Å². The monoisotopic (exact) mass is 716 g/mol. The summed E-state index contributed by atoms with van der Waals surface area (Å²) in [7, 11) is 0. The standard InChI is InChI=1S/C41H64O10/c1-34(22-42)14-15-39(33(48)49)16-17-40-11-7-12-41(13-8-24(40)25(39)18-34)36(3)19-26(44)31(51-32-30(47)29(46)27(45)21-50-32)35(2,23-43)28(36)20-38(37(40,41)4)9-5-6-10-38/h8,25-32,42-47H,5-7,9-23H2,1-4H3,(H,48,49). The molecule has 7 fully saturated rings. The van der Waals surface area contributed by atoms with Crippen LogP contribution in [0.15, 0.2) is 11.6 Å². The van der Waals surface area contributed by atoms with E-state index in [1.807, 2.05) is 6.92 Å². The molecule has 0 radical (unpaired) electrons. The number of hydrogen-bond donors (Lipinski definition) is 7. The number of rotatable bonds is 5. The van der Waals surface area contributed by atoms with Gasteiger partial charge >= 0.3 is 5.97 Å². The van der Waals surface area contributed by atoms with Crippen molar-refractivity contribution in [2.24, 2.45) is 55.2 Å². The Morgan fingerprint density at radius 1 is 0.824 bits per heavy atom. The number of ether oxygens (including phenoxy) is 2. The van der Waals surface area contributed by atoms with Gasteiger partial charge in [-0.1, -0.05) is 58.6 Å². The molecule has 10 heteroatoms. The molecule has 8 rings (SSSR count). The first kappa shape index (κ1) is 36.8. The smallest absolute Gasteiger partial charge is 0.310 e. The van der Waals surface area contributed by atoms with Gasteiger partial charge in [0.25, 0.3) is 0 Å². The molecule has 2 bridgehead atoms. The minimum absolute atomic E-state index is 0.0232. The third-order valence-corrected chi connectivity index (χ3v) is 18.6. The van der Waals surface area contributed by atoms with E-state index in [-0.39, 0.29) is 58.7 Å². The number of allylic oxidation sites excluding steroid dienone is 2. The molecule has 0 aromatic carbocycles. The molecule has 10 nitrogen and oxygen atoms in total. The van der Waals surface area contributed by atoms with Crippen molar-refractivity contribution in [1.29, 1.82) is 0 Å². The summed E-state index contributed by atoms with van der Waals surface area (Å²) >= 11 is 0. The maximum absolute atomic E-state index is 13.4. The Labute approximate surface area is 303 Å². The van der Waals surface area contributed by atoms with Gasteiger partial charge in [0.05, 0.1) is 30.8 Å². The quantitative estimate of drug-likeness (QED) is 0.160. The van der Waals surface area contributed by atoms with Crippen LogP contribution in [0.3, 0.4) is 0 Å². The van der Waals surface area contributed by atoms with Crippen LogP contribution < -0.4 is 0 Å². The minimum Gasteiger partial charge on any atom is -0.481 e. The zero-order valence-corrected chi connectivity index (χ0v) is 31.3. The van der Waals surface area contributed by atoms with Crippen LogP contribution in [0.4, 0.5) is 0 Å². The van der Waals surface area contributed by atoms with Crippen LogP contribution in [-0.2, 0) is 14.3 Å². The number of fused-ring (bicyclic) bond motifs is 3.